The minimum Gasteiger partial charge on any atom is -0.0654 e. The van der Waals surface area contributed by atoms with Crippen LogP contribution in [-0.2, 0) is 10.8 Å². The van der Waals surface area contributed by atoms with Crippen molar-refractivity contribution < 1.29 is 0 Å². The van der Waals surface area contributed by atoms with E-state index in [9.17, 15) is 0 Å². The first kappa shape index (κ1) is 17.3. The zero-order valence-electron chi connectivity index (χ0n) is 14.6. The lowest BCUT2D eigenvalue weighted by Gasteiger charge is -2.28. The molecule has 20 heavy (non-hydrogen) atoms. The predicted molar refractivity (Wildman–Crippen MR) is 91.5 cm³/mol. The first-order valence-corrected chi connectivity index (χ1v) is 8.44. The number of rotatable bonds is 8. The first-order valence-electron chi connectivity index (χ1n) is 8.44. The van der Waals surface area contributed by atoms with Crippen molar-refractivity contribution >= 4 is 0 Å². The Hall–Kier alpha value is -0.780. The second-order valence-electron chi connectivity index (χ2n) is 7.51. The SMILES string of the molecule is CCCCCCC(C)(C)c1ccc(C(C)(C)CC)cc1. The minimum absolute atomic E-state index is 0.295. The van der Waals surface area contributed by atoms with Crippen molar-refractivity contribution in [2.24, 2.45) is 0 Å². The second kappa shape index (κ2) is 7.29. The third kappa shape index (κ3) is 4.65. The van der Waals surface area contributed by atoms with Crippen LogP contribution in [0.4, 0.5) is 0 Å². The molecule has 0 aliphatic heterocycles. The molecular formula is C20H34. The van der Waals surface area contributed by atoms with E-state index in [-0.39, 0.29) is 0 Å². The Kier molecular flexibility index (Phi) is 6.30. The quantitative estimate of drug-likeness (QED) is 0.467. The maximum Gasteiger partial charge on any atom is -0.0104 e. The largest absolute Gasteiger partial charge is 0.0654 e. The normalized spacial score (nSPS) is 12.7. The molecule has 1 aromatic carbocycles. The zero-order chi connectivity index (χ0) is 15.2. The summed E-state index contributed by atoms with van der Waals surface area (Å²) in [6, 6.07) is 9.39. The van der Waals surface area contributed by atoms with Crippen molar-refractivity contribution in [2.75, 3.05) is 0 Å². The summed E-state index contributed by atoms with van der Waals surface area (Å²) in [7, 11) is 0. The summed E-state index contributed by atoms with van der Waals surface area (Å²) in [6.07, 6.45) is 7.90. The van der Waals surface area contributed by atoms with E-state index >= 15 is 0 Å². The summed E-state index contributed by atoms with van der Waals surface area (Å²) < 4.78 is 0. The monoisotopic (exact) mass is 274 g/mol. The Morgan fingerprint density at radius 3 is 1.65 bits per heavy atom. The molecule has 0 nitrogen and oxygen atoms in total. The van der Waals surface area contributed by atoms with Crippen LogP contribution >= 0.6 is 0 Å². The molecule has 1 aromatic rings. The van der Waals surface area contributed by atoms with Gasteiger partial charge < -0.3 is 0 Å². The standard InChI is InChI=1S/C20H34/c1-7-9-10-11-16-20(5,6)18-14-12-17(13-15-18)19(3,4)8-2/h12-15H,7-11,16H2,1-6H3. The highest BCUT2D eigenvalue weighted by Gasteiger charge is 2.22. The van der Waals surface area contributed by atoms with Crippen molar-refractivity contribution in [2.45, 2.75) is 90.9 Å². The van der Waals surface area contributed by atoms with Crippen LogP contribution in [0.15, 0.2) is 24.3 Å². The zero-order valence-corrected chi connectivity index (χ0v) is 14.6. The van der Waals surface area contributed by atoms with Crippen molar-refractivity contribution in [1.82, 2.24) is 0 Å². The number of unbranched alkanes of at least 4 members (excludes halogenated alkanes) is 3. The van der Waals surface area contributed by atoms with Gasteiger partial charge in [0.25, 0.3) is 0 Å². The summed E-state index contributed by atoms with van der Waals surface area (Å²) in [4.78, 5) is 0. The van der Waals surface area contributed by atoms with Crippen molar-refractivity contribution in [3.63, 3.8) is 0 Å². The highest BCUT2D eigenvalue weighted by atomic mass is 14.3. The van der Waals surface area contributed by atoms with Gasteiger partial charge in [0.05, 0.1) is 0 Å². The molecule has 1 rings (SSSR count). The van der Waals surface area contributed by atoms with Crippen LogP contribution in [0.2, 0.25) is 0 Å². The van der Waals surface area contributed by atoms with Crippen LogP contribution < -0.4 is 0 Å². The van der Waals surface area contributed by atoms with Gasteiger partial charge in [0.15, 0.2) is 0 Å². The lowest BCUT2D eigenvalue weighted by atomic mass is 9.77. The van der Waals surface area contributed by atoms with Gasteiger partial charge in [-0.1, -0.05) is 91.5 Å². The first-order chi connectivity index (χ1) is 9.33. The van der Waals surface area contributed by atoms with Gasteiger partial charge in [0.2, 0.25) is 0 Å². The van der Waals surface area contributed by atoms with Crippen LogP contribution in [-0.4, -0.2) is 0 Å². The Morgan fingerprint density at radius 2 is 1.20 bits per heavy atom. The molecule has 0 fully saturated rings. The van der Waals surface area contributed by atoms with Crippen molar-refractivity contribution in [3.05, 3.63) is 35.4 Å². The number of hydrogen-bond acceptors (Lipinski definition) is 0. The Bertz CT molecular complexity index is 381. The van der Waals surface area contributed by atoms with E-state index < -0.39 is 0 Å². The highest BCUT2D eigenvalue weighted by Crippen LogP contribution is 2.32. The number of hydrogen-bond donors (Lipinski definition) is 0. The van der Waals surface area contributed by atoms with Crippen LogP contribution in [0.25, 0.3) is 0 Å². The highest BCUT2D eigenvalue weighted by molar-refractivity contribution is 5.31. The molecule has 0 saturated carbocycles. The lowest BCUT2D eigenvalue weighted by molar-refractivity contribution is 0.445. The summed E-state index contributed by atoms with van der Waals surface area (Å²) >= 11 is 0. The maximum atomic E-state index is 2.39. The van der Waals surface area contributed by atoms with Gasteiger partial charge in [-0.2, -0.15) is 0 Å². The van der Waals surface area contributed by atoms with Gasteiger partial charge in [0.1, 0.15) is 0 Å². The Balaban J connectivity index is 2.71. The Morgan fingerprint density at radius 1 is 0.700 bits per heavy atom. The van der Waals surface area contributed by atoms with E-state index in [2.05, 4.69) is 65.8 Å². The number of benzene rings is 1. The molecule has 0 saturated heterocycles. The van der Waals surface area contributed by atoms with Gasteiger partial charge in [-0.05, 0) is 34.8 Å². The fourth-order valence-corrected chi connectivity index (χ4v) is 2.71. The van der Waals surface area contributed by atoms with Crippen molar-refractivity contribution in [1.29, 1.82) is 0 Å². The molecule has 0 aromatic heterocycles. The minimum atomic E-state index is 0.295. The third-order valence-corrected chi connectivity index (χ3v) is 4.99. The van der Waals surface area contributed by atoms with E-state index in [0.717, 1.165) is 0 Å². The van der Waals surface area contributed by atoms with Crippen LogP contribution in [0, 0.1) is 0 Å². The lowest BCUT2D eigenvalue weighted by Crippen LogP contribution is -2.19. The van der Waals surface area contributed by atoms with Gasteiger partial charge in [-0.3, -0.25) is 0 Å². The molecule has 0 aliphatic rings. The average Bonchev–Trinajstić information content (AvgIpc) is 2.44. The molecule has 0 heteroatoms. The smallest absolute Gasteiger partial charge is 0.0104 e. The fraction of sp³-hybridized carbons (Fsp3) is 0.700. The molecule has 114 valence electrons. The van der Waals surface area contributed by atoms with Crippen LogP contribution in [0.5, 0.6) is 0 Å². The van der Waals surface area contributed by atoms with Gasteiger partial charge >= 0.3 is 0 Å². The van der Waals surface area contributed by atoms with Crippen LogP contribution in [0.1, 0.15) is 91.2 Å². The van der Waals surface area contributed by atoms with Crippen LogP contribution in [0.3, 0.4) is 0 Å². The van der Waals surface area contributed by atoms with Gasteiger partial charge in [-0.25, -0.2) is 0 Å². The molecule has 0 unspecified atom stereocenters. The molecule has 0 N–H and O–H groups in total. The molecule has 0 amide bonds. The Labute approximate surface area is 127 Å². The third-order valence-electron chi connectivity index (χ3n) is 4.99. The molecule has 0 radical (unpaired) electrons. The predicted octanol–water partition coefficient (Wildman–Crippen LogP) is 6.62. The summed E-state index contributed by atoms with van der Waals surface area (Å²) in [6.45, 7) is 14.0. The van der Waals surface area contributed by atoms with Gasteiger partial charge in [0, 0.05) is 0 Å². The summed E-state index contributed by atoms with van der Waals surface area (Å²) in [5.74, 6) is 0. The maximum absolute atomic E-state index is 2.39. The summed E-state index contributed by atoms with van der Waals surface area (Å²) in [5, 5.41) is 0. The average molecular weight is 274 g/mol. The fourth-order valence-electron chi connectivity index (χ4n) is 2.71. The molecule has 0 atom stereocenters. The van der Waals surface area contributed by atoms with E-state index in [1.165, 1.54) is 49.7 Å². The van der Waals surface area contributed by atoms with E-state index in [1.807, 2.05) is 0 Å². The summed E-state index contributed by atoms with van der Waals surface area (Å²) in [5.41, 5.74) is 3.56. The molecule has 0 bridgehead atoms. The van der Waals surface area contributed by atoms with E-state index in [0.29, 0.717) is 10.8 Å². The van der Waals surface area contributed by atoms with Crippen molar-refractivity contribution in [3.8, 4) is 0 Å². The van der Waals surface area contributed by atoms with E-state index in [1.54, 1.807) is 0 Å². The molecular weight excluding hydrogens is 240 g/mol. The second-order valence-corrected chi connectivity index (χ2v) is 7.51. The molecule has 0 spiro atoms. The molecule has 0 aliphatic carbocycles. The van der Waals surface area contributed by atoms with Gasteiger partial charge in [-0.15, -0.1) is 0 Å². The molecule has 0 heterocycles. The topological polar surface area (TPSA) is 0 Å². The van der Waals surface area contributed by atoms with E-state index in [4.69, 9.17) is 0 Å².